The molecule has 0 saturated heterocycles. The van der Waals surface area contributed by atoms with E-state index in [9.17, 15) is 0 Å². The highest BCUT2D eigenvalue weighted by Crippen LogP contribution is 2.36. The number of hydrogen-bond donors (Lipinski definition) is 0. The number of halogens is 2. The van der Waals surface area contributed by atoms with Crippen LogP contribution in [0.1, 0.15) is 0 Å². The molecule has 2 nitrogen and oxygen atoms in total. The molecule has 0 aliphatic carbocycles. The second kappa shape index (κ2) is 4.91. The van der Waals surface area contributed by atoms with Gasteiger partial charge < -0.3 is 0 Å². The van der Waals surface area contributed by atoms with Crippen molar-refractivity contribution in [2.45, 2.75) is 0 Å². The van der Waals surface area contributed by atoms with Crippen LogP contribution in [-0.4, -0.2) is 9.97 Å². The van der Waals surface area contributed by atoms with Gasteiger partial charge in [-0.05, 0) is 58.3 Å². The van der Waals surface area contributed by atoms with Gasteiger partial charge >= 0.3 is 0 Å². The molecule has 3 aromatic heterocycles. The first-order valence-corrected chi connectivity index (χ1v) is 8.96. The lowest BCUT2D eigenvalue weighted by atomic mass is 10.2. The maximum atomic E-state index is 6.31. The van der Waals surface area contributed by atoms with Crippen molar-refractivity contribution in [3.8, 4) is 10.7 Å². The fourth-order valence-electron chi connectivity index (χ4n) is 2.05. The van der Waals surface area contributed by atoms with Gasteiger partial charge in [0.05, 0.1) is 10.4 Å². The van der Waals surface area contributed by atoms with E-state index >= 15 is 0 Å². The fourth-order valence-corrected chi connectivity index (χ4v) is 4.81. The highest BCUT2D eigenvalue weighted by Gasteiger charge is 2.11. The number of thiophene rings is 2. The summed E-state index contributed by atoms with van der Waals surface area (Å²) in [5.41, 5.74) is 0.886. The van der Waals surface area contributed by atoms with Crippen LogP contribution in [0.4, 0.5) is 0 Å². The highest BCUT2D eigenvalue weighted by atomic mass is 127. The summed E-state index contributed by atoms with van der Waals surface area (Å²) in [5.74, 6) is 0.706. The predicted molar refractivity (Wildman–Crippen MR) is 96.0 cm³/mol. The van der Waals surface area contributed by atoms with Gasteiger partial charge in [0.25, 0.3) is 0 Å². The molecular formula is C14H6ClIN2S2. The molecule has 0 aliphatic rings. The first-order valence-electron chi connectivity index (χ1n) is 5.81. The second-order valence-electron chi connectivity index (χ2n) is 4.26. The number of benzene rings is 1. The lowest BCUT2D eigenvalue weighted by Gasteiger charge is -2.03. The molecule has 0 atom stereocenters. The van der Waals surface area contributed by atoms with E-state index in [1.54, 1.807) is 22.7 Å². The summed E-state index contributed by atoms with van der Waals surface area (Å²) >= 11 is 12.0. The van der Waals surface area contributed by atoms with E-state index in [-0.39, 0.29) is 0 Å². The Morgan fingerprint density at radius 1 is 1.05 bits per heavy atom. The lowest BCUT2D eigenvalue weighted by molar-refractivity contribution is 1.24. The Labute approximate surface area is 141 Å². The Morgan fingerprint density at radius 3 is 2.80 bits per heavy atom. The van der Waals surface area contributed by atoms with Crippen molar-refractivity contribution < 1.29 is 0 Å². The van der Waals surface area contributed by atoms with Crippen molar-refractivity contribution in [3.05, 3.63) is 44.4 Å². The number of nitrogens with zero attached hydrogens (tertiary/aromatic N) is 2. The summed E-state index contributed by atoms with van der Waals surface area (Å²) in [6, 6.07) is 10.3. The molecule has 20 heavy (non-hydrogen) atoms. The van der Waals surface area contributed by atoms with E-state index in [0.717, 1.165) is 19.4 Å². The van der Waals surface area contributed by atoms with Crippen LogP contribution in [-0.2, 0) is 0 Å². The standard InChI is InChI=1S/C14H6ClIN2S2/c15-13-8-5-7(16)1-2-9(8)17-14(18-13)12-6-11-10(20-12)3-4-19-11/h1-6H. The van der Waals surface area contributed by atoms with Crippen molar-refractivity contribution in [1.82, 2.24) is 9.97 Å². The van der Waals surface area contributed by atoms with E-state index in [0.29, 0.717) is 11.0 Å². The van der Waals surface area contributed by atoms with Crippen LogP contribution in [0.25, 0.3) is 31.0 Å². The fraction of sp³-hybridized carbons (Fsp3) is 0. The maximum absolute atomic E-state index is 6.31. The third kappa shape index (κ3) is 2.13. The molecule has 0 spiro atoms. The molecule has 0 radical (unpaired) electrons. The Kier molecular flexibility index (Phi) is 3.17. The minimum Gasteiger partial charge on any atom is -0.227 e. The van der Waals surface area contributed by atoms with Crippen molar-refractivity contribution in [2.24, 2.45) is 0 Å². The summed E-state index contributed by atoms with van der Waals surface area (Å²) in [5, 5.41) is 3.52. The Morgan fingerprint density at radius 2 is 1.95 bits per heavy atom. The van der Waals surface area contributed by atoms with Gasteiger partial charge in [-0.2, -0.15) is 0 Å². The molecule has 0 bridgehead atoms. The van der Waals surface area contributed by atoms with Crippen LogP contribution in [0, 0.1) is 3.57 Å². The monoisotopic (exact) mass is 428 g/mol. The number of rotatable bonds is 1. The molecule has 1 aromatic carbocycles. The van der Waals surface area contributed by atoms with E-state index in [1.807, 2.05) is 18.2 Å². The molecule has 0 aliphatic heterocycles. The van der Waals surface area contributed by atoms with Gasteiger partial charge in [-0.15, -0.1) is 22.7 Å². The first-order chi connectivity index (χ1) is 9.70. The zero-order valence-corrected chi connectivity index (χ0v) is 14.5. The largest absolute Gasteiger partial charge is 0.227 e. The summed E-state index contributed by atoms with van der Waals surface area (Å²) in [6.07, 6.45) is 0. The van der Waals surface area contributed by atoms with Gasteiger partial charge in [-0.1, -0.05) is 11.6 Å². The highest BCUT2D eigenvalue weighted by molar-refractivity contribution is 14.1. The number of aromatic nitrogens is 2. The van der Waals surface area contributed by atoms with E-state index < -0.39 is 0 Å². The molecule has 98 valence electrons. The average molecular weight is 429 g/mol. The Bertz CT molecular complexity index is 916. The van der Waals surface area contributed by atoms with Crippen molar-refractivity contribution in [2.75, 3.05) is 0 Å². The minimum atomic E-state index is 0.514. The van der Waals surface area contributed by atoms with Crippen molar-refractivity contribution >= 4 is 77.2 Å². The second-order valence-corrected chi connectivity index (χ2v) is 7.89. The quantitative estimate of drug-likeness (QED) is 0.281. The molecule has 4 aromatic rings. The third-order valence-corrected chi connectivity index (χ3v) is 6.02. The van der Waals surface area contributed by atoms with Crippen LogP contribution in [0.2, 0.25) is 5.15 Å². The maximum Gasteiger partial charge on any atom is 0.171 e. The summed E-state index contributed by atoms with van der Waals surface area (Å²) < 4.78 is 3.67. The molecule has 0 saturated carbocycles. The third-order valence-electron chi connectivity index (χ3n) is 2.97. The zero-order chi connectivity index (χ0) is 13.7. The van der Waals surface area contributed by atoms with Crippen LogP contribution >= 0.6 is 56.9 Å². The zero-order valence-electron chi connectivity index (χ0n) is 9.93. The number of hydrogen-bond acceptors (Lipinski definition) is 4. The smallest absolute Gasteiger partial charge is 0.171 e. The molecular weight excluding hydrogens is 423 g/mol. The van der Waals surface area contributed by atoms with E-state index in [2.05, 4.69) is 50.1 Å². The van der Waals surface area contributed by atoms with Crippen LogP contribution in [0.3, 0.4) is 0 Å². The van der Waals surface area contributed by atoms with E-state index in [4.69, 9.17) is 11.6 Å². The van der Waals surface area contributed by atoms with E-state index in [1.165, 1.54) is 9.40 Å². The van der Waals surface area contributed by atoms with Crippen molar-refractivity contribution in [1.29, 1.82) is 0 Å². The first kappa shape index (κ1) is 12.9. The predicted octanol–water partition coefficient (Wildman–Crippen LogP) is 5.83. The Balaban J connectivity index is 1.96. The normalized spacial score (nSPS) is 11.5. The van der Waals surface area contributed by atoms with Gasteiger partial charge in [0, 0.05) is 18.4 Å². The van der Waals surface area contributed by atoms with Gasteiger partial charge in [0.1, 0.15) is 5.15 Å². The van der Waals surface area contributed by atoms with Gasteiger partial charge in [0.15, 0.2) is 5.82 Å². The minimum absolute atomic E-state index is 0.514. The van der Waals surface area contributed by atoms with Crippen molar-refractivity contribution in [3.63, 3.8) is 0 Å². The SMILES string of the molecule is Clc1nc(-c2cc3sccc3s2)nc2ccc(I)cc12. The average Bonchev–Trinajstić information content (AvgIpc) is 3.00. The molecule has 0 fully saturated rings. The molecule has 3 heterocycles. The summed E-state index contributed by atoms with van der Waals surface area (Å²) in [7, 11) is 0. The van der Waals surface area contributed by atoms with Crippen LogP contribution in [0.5, 0.6) is 0 Å². The molecule has 4 rings (SSSR count). The molecule has 6 heteroatoms. The molecule has 0 N–H and O–H groups in total. The van der Waals surface area contributed by atoms with Gasteiger partial charge in [0.2, 0.25) is 0 Å². The van der Waals surface area contributed by atoms with Crippen LogP contribution < -0.4 is 0 Å². The summed E-state index contributed by atoms with van der Waals surface area (Å²) in [6.45, 7) is 0. The van der Waals surface area contributed by atoms with Crippen LogP contribution in [0.15, 0.2) is 35.7 Å². The topological polar surface area (TPSA) is 25.8 Å². The lowest BCUT2D eigenvalue weighted by Crippen LogP contribution is -1.90. The number of fused-ring (bicyclic) bond motifs is 2. The molecule has 0 unspecified atom stereocenters. The molecule has 0 amide bonds. The van der Waals surface area contributed by atoms with Gasteiger partial charge in [-0.3, -0.25) is 0 Å². The summed E-state index contributed by atoms with van der Waals surface area (Å²) in [4.78, 5) is 10.2. The van der Waals surface area contributed by atoms with Gasteiger partial charge in [-0.25, -0.2) is 9.97 Å². The Hall–Kier alpha value is -0.760.